The molecule has 0 saturated heterocycles. The van der Waals surface area contributed by atoms with Crippen molar-refractivity contribution in [3.8, 4) is 0 Å². The Balaban J connectivity index is 2.96. The van der Waals surface area contributed by atoms with Crippen molar-refractivity contribution in [2.75, 3.05) is 12.0 Å². The number of thioether (sulfide) groups is 1. The van der Waals surface area contributed by atoms with Crippen LogP contribution in [0.1, 0.15) is 22.7 Å². The van der Waals surface area contributed by atoms with Crippen LogP contribution in [0.15, 0.2) is 18.2 Å². The number of nitrogens with one attached hydrogen (secondary N) is 1. The smallest absolute Gasteiger partial charge is 0.0552 e. The average molecular weight is 210 g/mol. The zero-order chi connectivity index (χ0) is 10.6. The lowest BCUT2D eigenvalue weighted by Gasteiger charge is -2.18. The van der Waals surface area contributed by atoms with Crippen LogP contribution in [0.4, 0.5) is 0 Å². The van der Waals surface area contributed by atoms with E-state index in [1.54, 1.807) is 11.8 Å². The van der Waals surface area contributed by atoms with E-state index in [1.165, 1.54) is 16.7 Å². The van der Waals surface area contributed by atoms with E-state index in [0.29, 0.717) is 0 Å². The molecular weight excluding hydrogens is 192 g/mol. The van der Waals surface area contributed by atoms with Gasteiger partial charge in [0.1, 0.15) is 0 Å². The lowest BCUT2D eigenvalue weighted by atomic mass is 10.0. The molecule has 0 radical (unpaired) electrons. The number of nitrogens with two attached hydrogens (primary N) is 1. The quantitative estimate of drug-likeness (QED) is 0.591. The van der Waals surface area contributed by atoms with Crippen molar-refractivity contribution < 1.29 is 0 Å². The summed E-state index contributed by atoms with van der Waals surface area (Å²) in [5.41, 5.74) is 6.76. The van der Waals surface area contributed by atoms with Crippen molar-refractivity contribution in [3.05, 3.63) is 34.9 Å². The van der Waals surface area contributed by atoms with Gasteiger partial charge in [-0.3, -0.25) is 11.3 Å². The Hall–Kier alpha value is -0.510. The summed E-state index contributed by atoms with van der Waals surface area (Å²) in [6.07, 6.45) is 2.09. The molecular formula is C11H18N2S. The third-order valence-corrected chi connectivity index (χ3v) is 3.01. The van der Waals surface area contributed by atoms with E-state index in [2.05, 4.69) is 43.7 Å². The Morgan fingerprint density at radius 3 is 2.71 bits per heavy atom. The number of hydrazine groups is 1. The van der Waals surface area contributed by atoms with Crippen molar-refractivity contribution in [3.63, 3.8) is 0 Å². The molecule has 1 aromatic rings. The second-order valence-electron chi connectivity index (χ2n) is 3.53. The topological polar surface area (TPSA) is 38.0 Å². The van der Waals surface area contributed by atoms with E-state index >= 15 is 0 Å². The van der Waals surface area contributed by atoms with Gasteiger partial charge < -0.3 is 0 Å². The van der Waals surface area contributed by atoms with Gasteiger partial charge in [-0.15, -0.1) is 0 Å². The minimum Gasteiger partial charge on any atom is -0.271 e. The summed E-state index contributed by atoms with van der Waals surface area (Å²) in [5, 5.41) is 0. The van der Waals surface area contributed by atoms with Gasteiger partial charge in [0, 0.05) is 5.75 Å². The normalized spacial score (nSPS) is 12.9. The number of benzene rings is 1. The lowest BCUT2D eigenvalue weighted by molar-refractivity contribution is 0.607. The molecule has 0 spiro atoms. The Morgan fingerprint density at radius 2 is 2.14 bits per heavy atom. The van der Waals surface area contributed by atoms with Gasteiger partial charge in [0.15, 0.2) is 0 Å². The Kier molecular flexibility index (Phi) is 4.45. The molecule has 0 aliphatic rings. The van der Waals surface area contributed by atoms with Crippen LogP contribution in [0.25, 0.3) is 0 Å². The Labute approximate surface area is 90.2 Å². The first-order valence-corrected chi connectivity index (χ1v) is 6.10. The standard InChI is InChI=1S/C11H18N2S/c1-8-4-5-9(2)10(6-8)11(13-12)7-14-3/h4-6,11,13H,7,12H2,1-3H3. The summed E-state index contributed by atoms with van der Waals surface area (Å²) in [6, 6.07) is 6.74. The van der Waals surface area contributed by atoms with Crippen molar-refractivity contribution in [1.29, 1.82) is 0 Å². The number of aryl methyl sites for hydroxylation is 2. The minimum atomic E-state index is 0.255. The lowest BCUT2D eigenvalue weighted by Crippen LogP contribution is -2.30. The van der Waals surface area contributed by atoms with E-state index < -0.39 is 0 Å². The second kappa shape index (κ2) is 5.39. The highest BCUT2D eigenvalue weighted by molar-refractivity contribution is 7.98. The average Bonchev–Trinajstić information content (AvgIpc) is 2.18. The van der Waals surface area contributed by atoms with Crippen LogP contribution in [0.2, 0.25) is 0 Å². The molecule has 0 aliphatic heterocycles. The first-order chi connectivity index (χ1) is 6.69. The summed E-state index contributed by atoms with van der Waals surface area (Å²) in [7, 11) is 0. The fourth-order valence-corrected chi connectivity index (χ4v) is 2.14. The van der Waals surface area contributed by atoms with Gasteiger partial charge in [0.05, 0.1) is 6.04 Å². The predicted octanol–water partition coefficient (Wildman–Crippen LogP) is 2.17. The van der Waals surface area contributed by atoms with Crippen molar-refractivity contribution in [2.24, 2.45) is 5.84 Å². The van der Waals surface area contributed by atoms with Crippen LogP contribution in [0.5, 0.6) is 0 Å². The molecule has 1 atom stereocenters. The van der Waals surface area contributed by atoms with Crippen LogP contribution in [-0.2, 0) is 0 Å². The van der Waals surface area contributed by atoms with Gasteiger partial charge in [0.2, 0.25) is 0 Å². The van der Waals surface area contributed by atoms with E-state index in [4.69, 9.17) is 5.84 Å². The molecule has 0 fully saturated rings. The van der Waals surface area contributed by atoms with Gasteiger partial charge in [0.25, 0.3) is 0 Å². The Morgan fingerprint density at radius 1 is 1.43 bits per heavy atom. The first kappa shape index (κ1) is 11.6. The highest BCUT2D eigenvalue weighted by Crippen LogP contribution is 2.21. The molecule has 1 unspecified atom stereocenters. The molecule has 78 valence electrons. The zero-order valence-electron chi connectivity index (χ0n) is 9.00. The first-order valence-electron chi connectivity index (χ1n) is 4.71. The van der Waals surface area contributed by atoms with Crippen molar-refractivity contribution >= 4 is 11.8 Å². The number of hydrogen-bond donors (Lipinski definition) is 2. The van der Waals surface area contributed by atoms with Crippen LogP contribution in [0, 0.1) is 13.8 Å². The third kappa shape index (κ3) is 2.74. The molecule has 2 nitrogen and oxygen atoms in total. The maximum absolute atomic E-state index is 5.55. The van der Waals surface area contributed by atoms with E-state index in [0.717, 1.165) is 5.75 Å². The molecule has 1 rings (SSSR count). The van der Waals surface area contributed by atoms with E-state index in [9.17, 15) is 0 Å². The predicted molar refractivity (Wildman–Crippen MR) is 64.4 cm³/mol. The molecule has 0 aliphatic carbocycles. The van der Waals surface area contributed by atoms with Crippen LogP contribution in [-0.4, -0.2) is 12.0 Å². The summed E-state index contributed by atoms with van der Waals surface area (Å²) in [5.74, 6) is 6.55. The second-order valence-corrected chi connectivity index (χ2v) is 4.45. The molecule has 0 amide bonds. The van der Waals surface area contributed by atoms with Gasteiger partial charge >= 0.3 is 0 Å². The molecule has 0 bridgehead atoms. The molecule has 0 heterocycles. The summed E-state index contributed by atoms with van der Waals surface area (Å²) in [6.45, 7) is 4.23. The summed E-state index contributed by atoms with van der Waals surface area (Å²) < 4.78 is 0. The number of rotatable bonds is 4. The molecule has 1 aromatic carbocycles. The summed E-state index contributed by atoms with van der Waals surface area (Å²) in [4.78, 5) is 0. The SMILES string of the molecule is CSCC(NN)c1cc(C)ccc1C. The molecule has 0 saturated carbocycles. The van der Waals surface area contributed by atoms with Gasteiger partial charge in [-0.1, -0.05) is 23.8 Å². The summed E-state index contributed by atoms with van der Waals surface area (Å²) >= 11 is 1.80. The minimum absolute atomic E-state index is 0.255. The van der Waals surface area contributed by atoms with Crippen LogP contribution in [0.3, 0.4) is 0 Å². The highest BCUT2D eigenvalue weighted by Gasteiger charge is 2.11. The fourth-order valence-electron chi connectivity index (χ4n) is 1.53. The van der Waals surface area contributed by atoms with Crippen LogP contribution < -0.4 is 11.3 Å². The van der Waals surface area contributed by atoms with E-state index in [-0.39, 0.29) is 6.04 Å². The molecule has 3 N–H and O–H groups in total. The molecule has 0 aromatic heterocycles. The van der Waals surface area contributed by atoms with Gasteiger partial charge in [-0.25, -0.2) is 0 Å². The molecule has 3 heteroatoms. The van der Waals surface area contributed by atoms with Crippen LogP contribution >= 0.6 is 11.8 Å². The van der Waals surface area contributed by atoms with Gasteiger partial charge in [-0.05, 0) is 31.2 Å². The monoisotopic (exact) mass is 210 g/mol. The third-order valence-electron chi connectivity index (χ3n) is 2.34. The maximum atomic E-state index is 5.55. The van der Waals surface area contributed by atoms with Crippen molar-refractivity contribution in [2.45, 2.75) is 19.9 Å². The van der Waals surface area contributed by atoms with E-state index in [1.807, 2.05) is 0 Å². The largest absolute Gasteiger partial charge is 0.271 e. The van der Waals surface area contributed by atoms with Crippen molar-refractivity contribution in [1.82, 2.24) is 5.43 Å². The maximum Gasteiger partial charge on any atom is 0.0552 e. The fraction of sp³-hybridized carbons (Fsp3) is 0.455. The van der Waals surface area contributed by atoms with Gasteiger partial charge in [-0.2, -0.15) is 11.8 Å². The molecule has 14 heavy (non-hydrogen) atoms. The Bertz CT molecular complexity index is 299. The highest BCUT2D eigenvalue weighted by atomic mass is 32.2. The zero-order valence-corrected chi connectivity index (χ0v) is 9.82. The number of hydrogen-bond acceptors (Lipinski definition) is 3.